The van der Waals surface area contributed by atoms with Crippen LogP contribution in [0.5, 0.6) is 0 Å². The Balaban J connectivity index is 2.06. The largest absolute Gasteiger partial charge is 0.480 e. The van der Waals surface area contributed by atoms with Crippen molar-refractivity contribution in [2.75, 3.05) is 0 Å². The Morgan fingerprint density at radius 2 is 2.05 bits per heavy atom. The molecule has 1 unspecified atom stereocenters. The van der Waals surface area contributed by atoms with Gasteiger partial charge in [-0.25, -0.2) is 0 Å². The van der Waals surface area contributed by atoms with E-state index in [0.29, 0.717) is 17.0 Å². The fourth-order valence-corrected chi connectivity index (χ4v) is 2.48. The molecule has 2 N–H and O–H groups in total. The number of nitriles is 1. The molecule has 1 atom stereocenters. The number of carboxylic acid groups (broad SMARTS) is 1. The van der Waals surface area contributed by atoms with E-state index in [0.717, 1.165) is 4.88 Å². The van der Waals surface area contributed by atoms with Gasteiger partial charge in [-0.05, 0) is 17.7 Å². The molecule has 1 aromatic heterocycles. The fraction of sp³-hybridized carbons (Fsp3) is 0.143. The van der Waals surface area contributed by atoms with Crippen LogP contribution in [0, 0.1) is 11.3 Å². The van der Waals surface area contributed by atoms with Crippen LogP contribution < -0.4 is 5.32 Å². The lowest BCUT2D eigenvalue weighted by molar-refractivity contribution is -0.139. The van der Waals surface area contributed by atoms with Crippen molar-refractivity contribution in [1.82, 2.24) is 5.32 Å². The van der Waals surface area contributed by atoms with Crippen molar-refractivity contribution in [2.24, 2.45) is 0 Å². The number of carboxylic acids is 1. The molecule has 0 bridgehead atoms. The Morgan fingerprint density at radius 1 is 1.32 bits per heavy atom. The van der Waals surface area contributed by atoms with Gasteiger partial charge in [0.25, 0.3) is 0 Å². The third-order valence-corrected chi connectivity index (χ3v) is 3.62. The molecule has 1 heterocycles. The zero-order valence-electron chi connectivity index (χ0n) is 10.0. The first-order chi connectivity index (χ1) is 9.20. The highest BCUT2D eigenvalue weighted by molar-refractivity contribution is 7.12. The van der Waals surface area contributed by atoms with Crippen LogP contribution >= 0.6 is 11.3 Å². The van der Waals surface area contributed by atoms with Crippen molar-refractivity contribution in [1.29, 1.82) is 5.26 Å². The van der Waals surface area contributed by atoms with E-state index in [1.807, 2.05) is 24.3 Å². The summed E-state index contributed by atoms with van der Waals surface area (Å²) in [5.74, 6) is -0.914. The second-order valence-electron chi connectivity index (χ2n) is 3.94. The van der Waals surface area contributed by atoms with Gasteiger partial charge in [0.05, 0.1) is 0 Å². The maximum absolute atomic E-state index is 11.3. The Kier molecular flexibility index (Phi) is 4.29. The van der Waals surface area contributed by atoms with Gasteiger partial charge in [0.1, 0.15) is 17.0 Å². The summed E-state index contributed by atoms with van der Waals surface area (Å²) < 4.78 is 0. The Bertz CT molecular complexity index is 601. The van der Waals surface area contributed by atoms with Crippen molar-refractivity contribution < 1.29 is 9.90 Å². The third-order valence-electron chi connectivity index (χ3n) is 2.63. The van der Waals surface area contributed by atoms with E-state index in [-0.39, 0.29) is 0 Å². The minimum atomic E-state index is -0.914. The highest BCUT2D eigenvalue weighted by atomic mass is 32.1. The van der Waals surface area contributed by atoms with Gasteiger partial charge in [-0.3, -0.25) is 10.1 Å². The molecule has 96 valence electrons. The van der Waals surface area contributed by atoms with Crippen LogP contribution in [0.25, 0.3) is 0 Å². The molecule has 2 rings (SSSR count). The van der Waals surface area contributed by atoms with E-state index in [4.69, 9.17) is 5.26 Å². The zero-order valence-corrected chi connectivity index (χ0v) is 10.9. The predicted molar refractivity (Wildman–Crippen MR) is 72.7 cm³/mol. The standard InChI is InChI=1S/C14H12N2O2S/c15-8-11-6-7-12(19-11)9-16-13(14(17)18)10-4-2-1-3-5-10/h1-7,13,16H,9H2,(H,17,18). The first-order valence-corrected chi connectivity index (χ1v) is 6.52. The molecule has 1 aromatic carbocycles. The maximum Gasteiger partial charge on any atom is 0.325 e. The van der Waals surface area contributed by atoms with Crippen LogP contribution in [-0.2, 0) is 11.3 Å². The lowest BCUT2D eigenvalue weighted by Crippen LogP contribution is -2.27. The number of hydrogen-bond donors (Lipinski definition) is 2. The molecule has 2 aromatic rings. The van der Waals surface area contributed by atoms with Crippen LogP contribution in [0.4, 0.5) is 0 Å². The molecule has 0 amide bonds. The van der Waals surface area contributed by atoms with E-state index in [1.165, 1.54) is 11.3 Å². The molecule has 0 fully saturated rings. The van der Waals surface area contributed by atoms with E-state index in [9.17, 15) is 9.90 Å². The molecule has 4 nitrogen and oxygen atoms in total. The first-order valence-electron chi connectivity index (χ1n) is 5.70. The van der Waals surface area contributed by atoms with Crippen molar-refractivity contribution in [3.63, 3.8) is 0 Å². The minimum Gasteiger partial charge on any atom is -0.480 e. The molecular weight excluding hydrogens is 260 g/mol. The van der Waals surface area contributed by atoms with Gasteiger partial charge >= 0.3 is 5.97 Å². The van der Waals surface area contributed by atoms with Crippen LogP contribution in [-0.4, -0.2) is 11.1 Å². The quantitative estimate of drug-likeness (QED) is 0.877. The van der Waals surface area contributed by atoms with Crippen molar-refractivity contribution in [3.8, 4) is 6.07 Å². The van der Waals surface area contributed by atoms with E-state index >= 15 is 0 Å². The highest BCUT2D eigenvalue weighted by Gasteiger charge is 2.18. The average Bonchev–Trinajstić information content (AvgIpc) is 2.88. The highest BCUT2D eigenvalue weighted by Crippen LogP contribution is 2.18. The van der Waals surface area contributed by atoms with Gasteiger partial charge < -0.3 is 5.11 Å². The summed E-state index contributed by atoms with van der Waals surface area (Å²) in [4.78, 5) is 12.8. The third kappa shape index (κ3) is 3.41. The van der Waals surface area contributed by atoms with Gasteiger partial charge in [0.15, 0.2) is 0 Å². The Labute approximate surface area is 114 Å². The first kappa shape index (κ1) is 13.3. The molecule has 0 saturated carbocycles. The van der Waals surface area contributed by atoms with E-state index in [2.05, 4.69) is 11.4 Å². The SMILES string of the molecule is N#Cc1ccc(CNC(C(=O)O)c2ccccc2)s1. The summed E-state index contributed by atoms with van der Waals surface area (Å²) in [6, 6.07) is 13.9. The molecule has 0 radical (unpaired) electrons. The smallest absolute Gasteiger partial charge is 0.325 e. The van der Waals surface area contributed by atoms with Crippen LogP contribution in [0.15, 0.2) is 42.5 Å². The lowest BCUT2D eigenvalue weighted by Gasteiger charge is -2.14. The summed E-state index contributed by atoms with van der Waals surface area (Å²) in [7, 11) is 0. The molecule has 0 aliphatic heterocycles. The number of aliphatic carboxylic acids is 1. The minimum absolute atomic E-state index is 0.429. The topological polar surface area (TPSA) is 73.1 Å². The molecule has 5 heteroatoms. The molecule has 19 heavy (non-hydrogen) atoms. The number of nitrogens with zero attached hydrogens (tertiary/aromatic N) is 1. The summed E-state index contributed by atoms with van der Waals surface area (Å²) in [5, 5.41) is 21.0. The Hall–Kier alpha value is -2.16. The number of benzene rings is 1. The monoisotopic (exact) mass is 272 g/mol. The van der Waals surface area contributed by atoms with Crippen molar-refractivity contribution in [2.45, 2.75) is 12.6 Å². The van der Waals surface area contributed by atoms with Gasteiger partial charge in [-0.2, -0.15) is 5.26 Å². The fourth-order valence-electron chi connectivity index (χ4n) is 1.73. The van der Waals surface area contributed by atoms with E-state index < -0.39 is 12.0 Å². The summed E-state index contributed by atoms with van der Waals surface area (Å²) in [6.07, 6.45) is 0. The van der Waals surface area contributed by atoms with Gasteiger partial charge in [0, 0.05) is 11.4 Å². The number of thiophene rings is 1. The molecular formula is C14H12N2O2S. The zero-order chi connectivity index (χ0) is 13.7. The van der Waals surface area contributed by atoms with Crippen LogP contribution in [0.2, 0.25) is 0 Å². The van der Waals surface area contributed by atoms with Crippen LogP contribution in [0.3, 0.4) is 0 Å². The second kappa shape index (κ2) is 6.14. The lowest BCUT2D eigenvalue weighted by atomic mass is 10.1. The van der Waals surface area contributed by atoms with Gasteiger partial charge in [-0.1, -0.05) is 30.3 Å². The van der Waals surface area contributed by atoms with Gasteiger partial charge in [-0.15, -0.1) is 11.3 Å². The van der Waals surface area contributed by atoms with Crippen LogP contribution in [0.1, 0.15) is 21.4 Å². The number of hydrogen-bond acceptors (Lipinski definition) is 4. The molecule has 0 aliphatic carbocycles. The second-order valence-corrected chi connectivity index (χ2v) is 5.11. The maximum atomic E-state index is 11.3. The summed E-state index contributed by atoms with van der Waals surface area (Å²) in [6.45, 7) is 0.429. The number of rotatable bonds is 5. The van der Waals surface area contributed by atoms with Gasteiger partial charge in [0.2, 0.25) is 0 Å². The van der Waals surface area contributed by atoms with Crippen molar-refractivity contribution in [3.05, 3.63) is 57.8 Å². The predicted octanol–water partition coefficient (Wildman–Crippen LogP) is 2.54. The Morgan fingerprint density at radius 3 is 2.63 bits per heavy atom. The normalized spacial score (nSPS) is 11.7. The number of nitrogens with one attached hydrogen (secondary N) is 1. The number of carbonyl (C=O) groups is 1. The van der Waals surface area contributed by atoms with E-state index in [1.54, 1.807) is 18.2 Å². The summed E-state index contributed by atoms with van der Waals surface area (Å²) in [5.41, 5.74) is 0.715. The summed E-state index contributed by atoms with van der Waals surface area (Å²) >= 11 is 1.37. The molecule has 0 spiro atoms. The van der Waals surface area contributed by atoms with Crippen molar-refractivity contribution >= 4 is 17.3 Å². The molecule has 0 aliphatic rings. The molecule has 0 saturated heterocycles. The average molecular weight is 272 g/mol.